The van der Waals surface area contributed by atoms with E-state index in [0.717, 1.165) is 18.5 Å². The number of hydrogen-bond acceptors (Lipinski definition) is 3. The van der Waals surface area contributed by atoms with Gasteiger partial charge in [-0.3, -0.25) is 0 Å². The molecular weight excluding hydrogens is 216 g/mol. The maximum Gasteiger partial charge on any atom is 0.0938 e. The second-order valence-corrected chi connectivity index (χ2v) is 5.10. The number of thiazole rings is 1. The summed E-state index contributed by atoms with van der Waals surface area (Å²) in [7, 11) is 2.01. The minimum Gasteiger partial charge on any atom is -0.320 e. The van der Waals surface area contributed by atoms with Gasteiger partial charge >= 0.3 is 0 Å². The van der Waals surface area contributed by atoms with Crippen molar-refractivity contribution >= 4 is 21.6 Å². The fourth-order valence-corrected chi connectivity index (χ4v) is 2.79. The van der Waals surface area contributed by atoms with E-state index in [9.17, 15) is 0 Å². The highest BCUT2D eigenvalue weighted by atomic mass is 32.1. The minimum atomic E-state index is 1.12. The molecule has 0 amide bonds. The molecule has 1 N–H and O–H groups in total. The van der Waals surface area contributed by atoms with E-state index in [1.54, 1.807) is 0 Å². The second kappa shape index (κ2) is 5.97. The molecule has 0 aliphatic heterocycles. The van der Waals surface area contributed by atoms with Crippen molar-refractivity contribution in [3.63, 3.8) is 0 Å². The third-order valence-electron chi connectivity index (χ3n) is 2.66. The minimum absolute atomic E-state index is 1.12. The van der Waals surface area contributed by atoms with Crippen LogP contribution in [0.1, 0.15) is 24.3 Å². The molecule has 0 fully saturated rings. The quantitative estimate of drug-likeness (QED) is 0.776. The molecular formula is C13H18N2S. The second-order valence-electron chi connectivity index (χ2n) is 3.99. The van der Waals surface area contributed by atoms with E-state index in [1.807, 2.05) is 18.4 Å². The zero-order valence-electron chi connectivity index (χ0n) is 9.70. The standard InChI is InChI=1S/C13H18N2S/c1-14-10-6-2-3-9-13-15-11-7-4-5-8-12(11)16-13/h4-5,7-8,14H,2-3,6,9-10H2,1H3. The monoisotopic (exact) mass is 234 g/mol. The van der Waals surface area contributed by atoms with Crippen molar-refractivity contribution in [2.24, 2.45) is 0 Å². The average Bonchev–Trinajstić information content (AvgIpc) is 2.71. The molecule has 0 unspecified atom stereocenters. The van der Waals surface area contributed by atoms with Crippen molar-refractivity contribution in [3.05, 3.63) is 29.3 Å². The van der Waals surface area contributed by atoms with Crippen molar-refractivity contribution in [2.45, 2.75) is 25.7 Å². The van der Waals surface area contributed by atoms with Gasteiger partial charge in [0.05, 0.1) is 15.2 Å². The fourth-order valence-electron chi connectivity index (χ4n) is 1.78. The first kappa shape index (κ1) is 11.6. The van der Waals surface area contributed by atoms with Crippen LogP contribution < -0.4 is 5.32 Å². The molecule has 0 aliphatic rings. The number of benzene rings is 1. The number of unbranched alkanes of at least 4 members (excludes halogenated alkanes) is 2. The summed E-state index contributed by atoms with van der Waals surface area (Å²) in [5.74, 6) is 0. The average molecular weight is 234 g/mol. The Labute approximate surface area is 101 Å². The number of fused-ring (bicyclic) bond motifs is 1. The molecule has 16 heavy (non-hydrogen) atoms. The van der Waals surface area contributed by atoms with Gasteiger partial charge in [0.25, 0.3) is 0 Å². The number of aromatic nitrogens is 1. The van der Waals surface area contributed by atoms with Gasteiger partial charge in [0, 0.05) is 0 Å². The van der Waals surface area contributed by atoms with Crippen molar-refractivity contribution in [2.75, 3.05) is 13.6 Å². The predicted octanol–water partition coefficient (Wildman–Crippen LogP) is 3.23. The predicted molar refractivity (Wildman–Crippen MR) is 71.1 cm³/mol. The fraction of sp³-hybridized carbons (Fsp3) is 0.462. The maximum absolute atomic E-state index is 4.63. The van der Waals surface area contributed by atoms with Gasteiger partial charge in [-0.15, -0.1) is 11.3 Å². The summed E-state index contributed by atoms with van der Waals surface area (Å²) in [5, 5.41) is 4.46. The van der Waals surface area contributed by atoms with E-state index in [4.69, 9.17) is 0 Å². The Balaban J connectivity index is 1.85. The largest absolute Gasteiger partial charge is 0.320 e. The van der Waals surface area contributed by atoms with Crippen LogP contribution in [0, 0.1) is 0 Å². The van der Waals surface area contributed by atoms with E-state index in [0.29, 0.717) is 0 Å². The maximum atomic E-state index is 4.63. The van der Waals surface area contributed by atoms with E-state index in [2.05, 4.69) is 34.6 Å². The Morgan fingerprint density at radius 1 is 1.19 bits per heavy atom. The zero-order valence-corrected chi connectivity index (χ0v) is 10.5. The van der Waals surface area contributed by atoms with Crippen LogP contribution in [0.15, 0.2) is 24.3 Å². The van der Waals surface area contributed by atoms with E-state index < -0.39 is 0 Å². The van der Waals surface area contributed by atoms with Gasteiger partial charge in [-0.05, 0) is 45.0 Å². The molecule has 2 aromatic rings. The molecule has 2 nitrogen and oxygen atoms in total. The molecule has 0 aliphatic carbocycles. The first-order valence-electron chi connectivity index (χ1n) is 5.89. The summed E-state index contributed by atoms with van der Waals surface area (Å²) < 4.78 is 1.31. The first-order chi connectivity index (χ1) is 7.90. The Kier molecular flexibility index (Phi) is 4.31. The van der Waals surface area contributed by atoms with Gasteiger partial charge < -0.3 is 5.32 Å². The lowest BCUT2D eigenvalue weighted by Gasteiger charge is -1.98. The smallest absolute Gasteiger partial charge is 0.0938 e. The summed E-state index contributed by atoms with van der Waals surface area (Å²) in [6.07, 6.45) is 4.93. The van der Waals surface area contributed by atoms with Gasteiger partial charge in [0.1, 0.15) is 0 Å². The number of para-hydroxylation sites is 1. The van der Waals surface area contributed by atoms with Crippen molar-refractivity contribution < 1.29 is 0 Å². The van der Waals surface area contributed by atoms with Crippen LogP contribution in [0.2, 0.25) is 0 Å². The summed E-state index contributed by atoms with van der Waals surface area (Å²) >= 11 is 1.83. The summed E-state index contributed by atoms with van der Waals surface area (Å²) in [6.45, 7) is 1.12. The van der Waals surface area contributed by atoms with Crippen LogP contribution in [-0.4, -0.2) is 18.6 Å². The Bertz CT molecular complexity index is 403. The van der Waals surface area contributed by atoms with Gasteiger partial charge in [0.2, 0.25) is 0 Å². The van der Waals surface area contributed by atoms with Crippen LogP contribution in [0.25, 0.3) is 10.2 Å². The number of aryl methyl sites for hydroxylation is 1. The molecule has 0 saturated carbocycles. The van der Waals surface area contributed by atoms with Crippen LogP contribution in [0.4, 0.5) is 0 Å². The molecule has 0 atom stereocenters. The highest BCUT2D eigenvalue weighted by molar-refractivity contribution is 7.18. The summed E-state index contributed by atoms with van der Waals surface area (Å²) in [6, 6.07) is 8.38. The van der Waals surface area contributed by atoms with Crippen molar-refractivity contribution in [1.29, 1.82) is 0 Å². The molecule has 0 saturated heterocycles. The molecule has 86 valence electrons. The number of nitrogens with one attached hydrogen (secondary N) is 1. The molecule has 1 aromatic carbocycles. The highest BCUT2D eigenvalue weighted by Gasteiger charge is 2.02. The van der Waals surface area contributed by atoms with Gasteiger partial charge in [0.15, 0.2) is 0 Å². The third-order valence-corrected chi connectivity index (χ3v) is 3.75. The lowest BCUT2D eigenvalue weighted by atomic mass is 10.2. The first-order valence-corrected chi connectivity index (χ1v) is 6.71. The van der Waals surface area contributed by atoms with Crippen LogP contribution in [0.3, 0.4) is 0 Å². The number of rotatable bonds is 6. The van der Waals surface area contributed by atoms with Crippen LogP contribution in [0.5, 0.6) is 0 Å². The van der Waals surface area contributed by atoms with Gasteiger partial charge in [-0.2, -0.15) is 0 Å². The van der Waals surface area contributed by atoms with E-state index in [-0.39, 0.29) is 0 Å². The highest BCUT2D eigenvalue weighted by Crippen LogP contribution is 2.22. The van der Waals surface area contributed by atoms with Gasteiger partial charge in [-0.1, -0.05) is 18.6 Å². The normalized spacial score (nSPS) is 11.1. The van der Waals surface area contributed by atoms with Crippen molar-refractivity contribution in [1.82, 2.24) is 10.3 Å². The van der Waals surface area contributed by atoms with Crippen LogP contribution >= 0.6 is 11.3 Å². The van der Waals surface area contributed by atoms with Crippen LogP contribution in [-0.2, 0) is 6.42 Å². The SMILES string of the molecule is CNCCCCCc1nc2ccccc2s1. The Morgan fingerprint density at radius 3 is 2.88 bits per heavy atom. The van der Waals surface area contributed by atoms with Crippen molar-refractivity contribution in [3.8, 4) is 0 Å². The van der Waals surface area contributed by atoms with E-state index >= 15 is 0 Å². The summed E-state index contributed by atoms with van der Waals surface area (Å²) in [4.78, 5) is 4.63. The number of nitrogens with zero attached hydrogens (tertiary/aromatic N) is 1. The Morgan fingerprint density at radius 2 is 2.06 bits per heavy atom. The molecule has 1 aromatic heterocycles. The molecule has 0 spiro atoms. The zero-order chi connectivity index (χ0) is 11.2. The molecule has 3 heteroatoms. The molecule has 1 heterocycles. The third kappa shape index (κ3) is 3.03. The lowest BCUT2D eigenvalue weighted by Crippen LogP contribution is -2.07. The van der Waals surface area contributed by atoms with E-state index in [1.165, 1.54) is 29.0 Å². The molecule has 0 radical (unpaired) electrons. The number of hydrogen-bond donors (Lipinski definition) is 1. The van der Waals surface area contributed by atoms with Gasteiger partial charge in [-0.25, -0.2) is 4.98 Å². The molecule has 0 bridgehead atoms. The topological polar surface area (TPSA) is 24.9 Å². The summed E-state index contributed by atoms with van der Waals surface area (Å²) in [5.41, 5.74) is 1.15. The Hall–Kier alpha value is -0.930. The molecule has 2 rings (SSSR count). The lowest BCUT2D eigenvalue weighted by molar-refractivity contribution is 0.642.